The van der Waals surface area contributed by atoms with Crippen LogP contribution in [0.4, 0.5) is 0 Å². The first-order chi connectivity index (χ1) is 14.0. The second kappa shape index (κ2) is 10.5. The third kappa shape index (κ3) is 6.35. The summed E-state index contributed by atoms with van der Waals surface area (Å²) in [4.78, 5) is 21.3. The Morgan fingerprint density at radius 3 is 2.38 bits per heavy atom. The Bertz CT molecular complexity index is 757. The average Bonchev–Trinajstić information content (AvgIpc) is 2.71. The number of morpholine rings is 1. The molecule has 1 amide bonds. The number of rotatable bonds is 8. The molecule has 3 rings (SSSR count). The Labute approximate surface area is 173 Å². The molecule has 0 radical (unpaired) electrons. The smallest absolute Gasteiger partial charge is 0.254 e. The van der Waals surface area contributed by atoms with Crippen LogP contribution in [0.1, 0.15) is 41.8 Å². The van der Waals surface area contributed by atoms with Gasteiger partial charge >= 0.3 is 0 Å². The van der Waals surface area contributed by atoms with Crippen molar-refractivity contribution in [2.45, 2.75) is 45.6 Å². The number of nitrogens with zero attached hydrogens (tertiary/aromatic N) is 3. The summed E-state index contributed by atoms with van der Waals surface area (Å²) in [6.45, 7) is 8.00. The number of aliphatic hydroxyl groups excluding tert-OH is 1. The van der Waals surface area contributed by atoms with Crippen LogP contribution in [-0.4, -0.2) is 64.2 Å². The molecular formula is C23H31N3O3. The van der Waals surface area contributed by atoms with Crippen LogP contribution in [0.15, 0.2) is 48.8 Å². The van der Waals surface area contributed by atoms with Crippen molar-refractivity contribution in [1.29, 1.82) is 0 Å². The van der Waals surface area contributed by atoms with E-state index in [-0.39, 0.29) is 24.7 Å². The van der Waals surface area contributed by atoms with E-state index in [1.807, 2.05) is 36.4 Å². The zero-order valence-electron chi connectivity index (χ0n) is 17.3. The topological polar surface area (TPSA) is 65.9 Å². The number of benzene rings is 1. The molecule has 1 aromatic heterocycles. The summed E-state index contributed by atoms with van der Waals surface area (Å²) in [6, 6.07) is 11.7. The first-order valence-corrected chi connectivity index (χ1v) is 10.3. The third-order valence-corrected chi connectivity index (χ3v) is 5.10. The molecular weight excluding hydrogens is 366 g/mol. The van der Waals surface area contributed by atoms with Crippen LogP contribution < -0.4 is 0 Å². The van der Waals surface area contributed by atoms with E-state index in [0.29, 0.717) is 25.1 Å². The summed E-state index contributed by atoms with van der Waals surface area (Å²) in [6.07, 6.45) is 4.50. The maximum Gasteiger partial charge on any atom is 0.254 e. The van der Waals surface area contributed by atoms with Crippen LogP contribution in [0, 0.1) is 0 Å². The predicted octanol–water partition coefficient (Wildman–Crippen LogP) is 2.72. The monoisotopic (exact) mass is 397 g/mol. The lowest BCUT2D eigenvalue weighted by Gasteiger charge is -2.35. The fraction of sp³-hybridized carbons (Fsp3) is 0.478. The first-order valence-electron chi connectivity index (χ1n) is 10.3. The van der Waals surface area contributed by atoms with E-state index in [4.69, 9.17) is 4.74 Å². The minimum absolute atomic E-state index is 0.0181. The minimum Gasteiger partial charge on any atom is -0.396 e. The lowest BCUT2D eigenvalue weighted by atomic mass is 10.1. The summed E-state index contributed by atoms with van der Waals surface area (Å²) in [5, 5.41) is 9.20. The summed E-state index contributed by atoms with van der Waals surface area (Å²) >= 11 is 0. The van der Waals surface area contributed by atoms with Gasteiger partial charge in [0.1, 0.15) is 0 Å². The van der Waals surface area contributed by atoms with E-state index in [9.17, 15) is 9.90 Å². The molecule has 0 bridgehead atoms. The number of pyridine rings is 1. The Hall–Kier alpha value is -2.28. The quantitative estimate of drug-likeness (QED) is 0.742. The van der Waals surface area contributed by atoms with Gasteiger partial charge in [-0.3, -0.25) is 14.7 Å². The van der Waals surface area contributed by atoms with Gasteiger partial charge in [-0.05, 0) is 55.7 Å². The van der Waals surface area contributed by atoms with Crippen LogP contribution >= 0.6 is 0 Å². The molecule has 2 heterocycles. The van der Waals surface area contributed by atoms with Crippen LogP contribution in [0.25, 0.3) is 0 Å². The maximum absolute atomic E-state index is 13.0. The molecule has 2 atom stereocenters. The van der Waals surface area contributed by atoms with Crippen molar-refractivity contribution in [3.8, 4) is 0 Å². The fourth-order valence-corrected chi connectivity index (χ4v) is 3.83. The van der Waals surface area contributed by atoms with E-state index in [2.05, 4.69) is 23.7 Å². The standard InChI is InChI=1S/C23H31N3O3/c1-18-14-25(15-19(2)29-18)16-20-4-6-22(7-5-20)23(28)26(12-3-13-27)17-21-8-10-24-11-9-21/h4-11,18-19,27H,3,12-17H2,1-2H3. The summed E-state index contributed by atoms with van der Waals surface area (Å²) < 4.78 is 5.80. The molecule has 1 saturated heterocycles. The molecule has 156 valence electrons. The minimum atomic E-state index is -0.0181. The fourth-order valence-electron chi connectivity index (χ4n) is 3.83. The van der Waals surface area contributed by atoms with Gasteiger partial charge in [-0.1, -0.05) is 12.1 Å². The van der Waals surface area contributed by atoms with Crippen molar-refractivity contribution in [3.63, 3.8) is 0 Å². The van der Waals surface area contributed by atoms with E-state index < -0.39 is 0 Å². The second-order valence-corrected chi connectivity index (χ2v) is 7.81. The maximum atomic E-state index is 13.0. The molecule has 0 spiro atoms. The number of ether oxygens (including phenoxy) is 1. The second-order valence-electron chi connectivity index (χ2n) is 7.81. The molecule has 2 unspecified atom stereocenters. The van der Waals surface area contributed by atoms with Crippen molar-refractivity contribution in [3.05, 3.63) is 65.5 Å². The van der Waals surface area contributed by atoms with E-state index >= 15 is 0 Å². The Morgan fingerprint density at radius 1 is 1.10 bits per heavy atom. The van der Waals surface area contributed by atoms with E-state index in [1.165, 1.54) is 5.56 Å². The van der Waals surface area contributed by atoms with Gasteiger partial charge in [0.25, 0.3) is 5.91 Å². The molecule has 1 aliphatic rings. The van der Waals surface area contributed by atoms with Gasteiger partial charge in [-0.25, -0.2) is 0 Å². The summed E-state index contributed by atoms with van der Waals surface area (Å²) in [5.41, 5.74) is 2.89. The van der Waals surface area contributed by atoms with E-state index in [1.54, 1.807) is 17.3 Å². The number of aromatic nitrogens is 1. The van der Waals surface area contributed by atoms with E-state index in [0.717, 1.165) is 25.2 Å². The highest BCUT2D eigenvalue weighted by Crippen LogP contribution is 2.16. The Kier molecular flexibility index (Phi) is 7.75. The van der Waals surface area contributed by atoms with Gasteiger partial charge in [0.2, 0.25) is 0 Å². The number of hydrogen-bond acceptors (Lipinski definition) is 5. The third-order valence-electron chi connectivity index (χ3n) is 5.10. The first kappa shape index (κ1) is 21.4. The lowest BCUT2D eigenvalue weighted by molar-refractivity contribution is -0.0704. The summed E-state index contributed by atoms with van der Waals surface area (Å²) in [7, 11) is 0. The van der Waals surface area contributed by atoms with Crippen molar-refractivity contribution >= 4 is 5.91 Å². The number of carbonyl (C=O) groups is 1. The zero-order chi connectivity index (χ0) is 20.6. The van der Waals surface area contributed by atoms with Crippen molar-refractivity contribution in [1.82, 2.24) is 14.8 Å². The molecule has 1 N–H and O–H groups in total. The van der Waals surface area contributed by atoms with Crippen LogP contribution in [0.5, 0.6) is 0 Å². The van der Waals surface area contributed by atoms with Gasteiger partial charge < -0.3 is 14.7 Å². The van der Waals surface area contributed by atoms with Gasteiger partial charge in [0.15, 0.2) is 0 Å². The Morgan fingerprint density at radius 2 is 1.76 bits per heavy atom. The lowest BCUT2D eigenvalue weighted by Crippen LogP contribution is -2.44. The molecule has 1 aliphatic heterocycles. The molecule has 29 heavy (non-hydrogen) atoms. The molecule has 0 saturated carbocycles. The van der Waals surface area contributed by atoms with Crippen LogP contribution in [-0.2, 0) is 17.8 Å². The molecule has 6 nitrogen and oxygen atoms in total. The highest BCUT2D eigenvalue weighted by atomic mass is 16.5. The molecule has 1 fully saturated rings. The normalized spacial score (nSPS) is 19.8. The SMILES string of the molecule is CC1CN(Cc2ccc(C(=O)N(CCCO)Cc3ccncc3)cc2)CC(C)O1. The van der Waals surface area contributed by atoms with Crippen molar-refractivity contribution in [2.24, 2.45) is 0 Å². The highest BCUT2D eigenvalue weighted by Gasteiger charge is 2.22. The van der Waals surface area contributed by atoms with Gasteiger partial charge in [0.05, 0.1) is 12.2 Å². The average molecular weight is 398 g/mol. The highest BCUT2D eigenvalue weighted by molar-refractivity contribution is 5.94. The van der Waals surface area contributed by atoms with Crippen molar-refractivity contribution < 1.29 is 14.6 Å². The number of aliphatic hydroxyl groups is 1. The van der Waals surface area contributed by atoms with Gasteiger partial charge in [-0.2, -0.15) is 0 Å². The number of hydrogen-bond donors (Lipinski definition) is 1. The van der Waals surface area contributed by atoms with Crippen LogP contribution in [0.3, 0.4) is 0 Å². The summed E-state index contributed by atoms with van der Waals surface area (Å²) in [5.74, 6) is -0.0181. The largest absolute Gasteiger partial charge is 0.396 e. The molecule has 2 aromatic rings. The number of carbonyl (C=O) groups excluding carboxylic acids is 1. The van der Waals surface area contributed by atoms with Gasteiger partial charge in [0, 0.05) is 57.3 Å². The van der Waals surface area contributed by atoms with Gasteiger partial charge in [-0.15, -0.1) is 0 Å². The molecule has 6 heteroatoms. The molecule has 0 aliphatic carbocycles. The van der Waals surface area contributed by atoms with Crippen molar-refractivity contribution in [2.75, 3.05) is 26.2 Å². The number of amides is 1. The van der Waals surface area contributed by atoms with Crippen LogP contribution in [0.2, 0.25) is 0 Å². The predicted molar refractivity (Wildman–Crippen MR) is 112 cm³/mol. The molecule has 1 aromatic carbocycles. The zero-order valence-corrected chi connectivity index (χ0v) is 17.3. The Balaban J connectivity index is 1.65.